The summed E-state index contributed by atoms with van der Waals surface area (Å²) in [5.74, 6) is -0.684. The van der Waals surface area contributed by atoms with Gasteiger partial charge >= 0.3 is 12.0 Å². The first-order chi connectivity index (χ1) is 11.1. The van der Waals surface area contributed by atoms with E-state index in [0.29, 0.717) is 11.4 Å². The van der Waals surface area contributed by atoms with E-state index in [1.807, 2.05) is 36.4 Å². The van der Waals surface area contributed by atoms with Crippen LogP contribution in [0, 0.1) is 0 Å². The van der Waals surface area contributed by atoms with Crippen LogP contribution < -0.4 is 10.3 Å². The largest absolute Gasteiger partial charge is 0.464 e. The van der Waals surface area contributed by atoms with Gasteiger partial charge in [0.1, 0.15) is 0 Å². The van der Waals surface area contributed by atoms with Crippen molar-refractivity contribution in [3.63, 3.8) is 0 Å². The second-order valence-electron chi connectivity index (χ2n) is 4.32. The number of hydrogen-bond donors (Lipinski definition) is 1. The fourth-order valence-electron chi connectivity index (χ4n) is 1.81. The molecule has 0 aliphatic carbocycles. The topological polar surface area (TPSA) is 71.0 Å². The molecule has 0 fully saturated rings. The van der Waals surface area contributed by atoms with Crippen molar-refractivity contribution in [2.45, 2.75) is 0 Å². The molecule has 6 nitrogen and oxygen atoms in total. The van der Waals surface area contributed by atoms with Crippen LogP contribution in [0.2, 0.25) is 0 Å². The molecule has 0 unspecified atom stereocenters. The summed E-state index contributed by atoms with van der Waals surface area (Å²) in [6.07, 6.45) is 0. The van der Waals surface area contributed by atoms with E-state index >= 15 is 0 Å². The zero-order valence-corrected chi connectivity index (χ0v) is 13.9. The molecule has 23 heavy (non-hydrogen) atoms. The molecule has 0 bridgehead atoms. The third kappa shape index (κ3) is 4.40. The second-order valence-corrected chi connectivity index (χ2v) is 5.07. The number of hydrogen-bond acceptors (Lipinski definition) is 4. The van der Waals surface area contributed by atoms with Crippen molar-refractivity contribution >= 4 is 43.9 Å². The van der Waals surface area contributed by atoms with Gasteiger partial charge in [0.25, 0.3) is 0 Å². The Morgan fingerprint density at radius 1 is 1.00 bits per heavy atom. The summed E-state index contributed by atoms with van der Waals surface area (Å²) in [7, 11) is 1.22. The van der Waals surface area contributed by atoms with Crippen molar-refractivity contribution in [1.82, 2.24) is 5.43 Å². The summed E-state index contributed by atoms with van der Waals surface area (Å²) < 4.78 is 4.36. The fourth-order valence-corrected chi connectivity index (χ4v) is 2.07. The zero-order valence-electron chi connectivity index (χ0n) is 12.3. The Labute approximate surface area is 141 Å². The first-order valence-electron chi connectivity index (χ1n) is 6.65. The smallest absolute Gasteiger partial charge is 0.365 e. The van der Waals surface area contributed by atoms with Gasteiger partial charge in [0.2, 0.25) is 4.62 Å². The van der Waals surface area contributed by atoms with Gasteiger partial charge in [-0.05, 0) is 40.2 Å². The maximum atomic E-state index is 12.5. The molecule has 2 rings (SSSR count). The van der Waals surface area contributed by atoms with Crippen LogP contribution >= 0.6 is 15.9 Å². The highest BCUT2D eigenvalue weighted by molar-refractivity contribution is 9.19. The molecule has 7 heteroatoms. The van der Waals surface area contributed by atoms with E-state index < -0.39 is 12.0 Å². The monoisotopic (exact) mass is 375 g/mol. The lowest BCUT2D eigenvalue weighted by Gasteiger charge is -2.22. The van der Waals surface area contributed by atoms with Crippen LogP contribution in [0.4, 0.5) is 16.2 Å². The number of benzene rings is 2. The maximum Gasteiger partial charge on any atom is 0.365 e. The van der Waals surface area contributed by atoms with E-state index in [1.54, 1.807) is 24.3 Å². The number of carbonyl (C=O) groups is 2. The summed E-state index contributed by atoms with van der Waals surface area (Å²) >= 11 is 2.94. The van der Waals surface area contributed by atoms with Crippen molar-refractivity contribution in [2.24, 2.45) is 5.10 Å². The van der Waals surface area contributed by atoms with Crippen LogP contribution in [0.3, 0.4) is 0 Å². The van der Waals surface area contributed by atoms with Crippen molar-refractivity contribution in [2.75, 3.05) is 12.0 Å². The number of esters is 1. The lowest BCUT2D eigenvalue weighted by molar-refractivity contribution is -0.132. The second kappa shape index (κ2) is 8.09. The number of methoxy groups -OCH3 is 1. The minimum Gasteiger partial charge on any atom is -0.464 e. The predicted molar refractivity (Wildman–Crippen MR) is 91.9 cm³/mol. The van der Waals surface area contributed by atoms with E-state index in [0.717, 1.165) is 0 Å². The number of nitrogens with zero attached hydrogens (tertiary/aromatic N) is 2. The molecule has 118 valence electrons. The summed E-state index contributed by atoms with van der Waals surface area (Å²) in [6, 6.07) is 17.7. The van der Waals surface area contributed by atoms with Crippen LogP contribution in [0.5, 0.6) is 0 Å². The normalized spacial score (nSPS) is 10.8. The van der Waals surface area contributed by atoms with Crippen LogP contribution in [0.25, 0.3) is 0 Å². The highest BCUT2D eigenvalue weighted by Gasteiger charge is 2.18. The first kappa shape index (κ1) is 16.7. The average molecular weight is 376 g/mol. The number of halogens is 1. The molecule has 0 saturated carbocycles. The van der Waals surface area contributed by atoms with Crippen molar-refractivity contribution in [3.05, 3.63) is 60.7 Å². The molecule has 2 aromatic carbocycles. The number of rotatable bonds is 4. The van der Waals surface area contributed by atoms with E-state index in [4.69, 9.17) is 0 Å². The Balaban J connectivity index is 2.28. The molecule has 0 aliphatic rings. The molecule has 2 aromatic rings. The van der Waals surface area contributed by atoms with Crippen LogP contribution in [-0.2, 0) is 9.53 Å². The lowest BCUT2D eigenvalue weighted by Crippen LogP contribution is -2.34. The molecule has 0 aliphatic heterocycles. The van der Waals surface area contributed by atoms with E-state index in [-0.39, 0.29) is 4.62 Å². The van der Waals surface area contributed by atoms with Gasteiger partial charge in [-0.25, -0.2) is 15.0 Å². The number of nitrogens with one attached hydrogen (secondary N) is 1. The molecule has 0 aromatic heterocycles. The molecule has 0 saturated heterocycles. The zero-order chi connectivity index (χ0) is 16.7. The minimum atomic E-state index is -0.684. The third-order valence-corrected chi connectivity index (χ3v) is 3.34. The van der Waals surface area contributed by atoms with Gasteiger partial charge in [0.05, 0.1) is 18.5 Å². The fraction of sp³-hybridized carbons (Fsp3) is 0.0625. The summed E-state index contributed by atoms with van der Waals surface area (Å²) in [6.45, 7) is 0. The van der Waals surface area contributed by atoms with Gasteiger partial charge < -0.3 is 4.74 Å². The summed E-state index contributed by atoms with van der Waals surface area (Å²) in [4.78, 5) is 25.2. The Bertz CT molecular complexity index is 666. The van der Waals surface area contributed by atoms with Gasteiger partial charge in [-0.15, -0.1) is 0 Å². The van der Waals surface area contributed by atoms with Gasteiger partial charge in [-0.2, -0.15) is 5.10 Å². The number of hydrazone groups is 1. The average Bonchev–Trinajstić information content (AvgIpc) is 2.61. The van der Waals surface area contributed by atoms with Crippen molar-refractivity contribution in [1.29, 1.82) is 0 Å². The molecule has 1 N–H and O–H groups in total. The number of ether oxygens (including phenoxy) is 1. The molecule has 0 radical (unpaired) electrons. The van der Waals surface area contributed by atoms with Crippen LogP contribution in [-0.4, -0.2) is 23.7 Å². The number of amides is 2. The van der Waals surface area contributed by atoms with E-state index in [2.05, 4.69) is 31.2 Å². The maximum absolute atomic E-state index is 12.5. The minimum absolute atomic E-state index is 0.130. The third-order valence-electron chi connectivity index (χ3n) is 2.84. The van der Waals surface area contributed by atoms with Gasteiger partial charge in [0, 0.05) is 0 Å². The van der Waals surface area contributed by atoms with Crippen LogP contribution in [0.15, 0.2) is 65.8 Å². The Hall–Kier alpha value is -2.67. The Morgan fingerprint density at radius 3 is 1.91 bits per heavy atom. The summed E-state index contributed by atoms with van der Waals surface area (Å²) in [5, 5.41) is 3.68. The van der Waals surface area contributed by atoms with E-state index in [1.165, 1.54) is 12.0 Å². The summed E-state index contributed by atoms with van der Waals surface area (Å²) in [5.41, 5.74) is 3.66. The number of urea groups is 1. The molecule has 0 atom stereocenters. The number of carbonyl (C=O) groups excluding carboxylic acids is 2. The molecular weight excluding hydrogens is 362 g/mol. The van der Waals surface area contributed by atoms with Gasteiger partial charge in [-0.3, -0.25) is 4.90 Å². The van der Waals surface area contributed by atoms with Crippen LogP contribution in [0.1, 0.15) is 0 Å². The molecule has 0 spiro atoms. The van der Waals surface area contributed by atoms with Crippen molar-refractivity contribution in [3.8, 4) is 0 Å². The first-order valence-corrected chi connectivity index (χ1v) is 7.44. The lowest BCUT2D eigenvalue weighted by atomic mass is 10.2. The van der Waals surface area contributed by atoms with Gasteiger partial charge in [-0.1, -0.05) is 36.4 Å². The highest BCUT2D eigenvalue weighted by atomic mass is 79.9. The molecule has 2 amide bonds. The number of anilines is 2. The SMILES string of the molecule is COC(=O)/C(Br)=N/NC(=O)N(c1ccccc1)c1ccccc1. The van der Waals surface area contributed by atoms with E-state index in [9.17, 15) is 9.59 Å². The highest BCUT2D eigenvalue weighted by Crippen LogP contribution is 2.24. The predicted octanol–water partition coefficient (Wildman–Crippen LogP) is 3.42. The quantitative estimate of drug-likeness (QED) is 0.505. The molecular formula is C16H14BrN3O3. The standard InChI is InChI=1S/C16H14BrN3O3/c1-23-15(21)14(17)18-19-16(22)20(12-8-4-2-5-9-12)13-10-6-3-7-11-13/h2-11H,1H3,(H,19,22)/b18-14-. The van der Waals surface area contributed by atoms with Gasteiger partial charge in [0.15, 0.2) is 0 Å². The Morgan fingerprint density at radius 2 is 1.48 bits per heavy atom. The Kier molecular flexibility index (Phi) is 5.87. The number of para-hydroxylation sites is 2. The molecule has 0 heterocycles. The van der Waals surface area contributed by atoms with Crippen molar-refractivity contribution < 1.29 is 14.3 Å².